The maximum absolute atomic E-state index is 13.3. The lowest BCUT2D eigenvalue weighted by Crippen LogP contribution is -2.50. The van der Waals surface area contributed by atoms with Gasteiger partial charge in [0.2, 0.25) is 0 Å². The molecule has 0 aliphatic carbocycles. The van der Waals surface area contributed by atoms with E-state index in [4.69, 9.17) is 11.5 Å². The smallest absolute Gasteiger partial charge is 0.153 e. The van der Waals surface area contributed by atoms with Gasteiger partial charge in [-0.1, -0.05) is 84.9 Å². The Hall–Kier alpha value is -3.65. The van der Waals surface area contributed by atoms with Crippen molar-refractivity contribution in [2.45, 2.75) is 38.3 Å². The van der Waals surface area contributed by atoms with Crippen molar-refractivity contribution in [1.82, 2.24) is 9.80 Å². The van der Waals surface area contributed by atoms with Crippen molar-refractivity contribution >= 4 is 21.2 Å². The summed E-state index contributed by atoms with van der Waals surface area (Å²) in [5.74, 6) is 0.263. The minimum atomic E-state index is -3.24. The fraction of sp³-hybridized carbons (Fsp3) is 0.250. The summed E-state index contributed by atoms with van der Waals surface area (Å²) < 4.78 is 26.5. The molecule has 1 saturated heterocycles. The van der Waals surface area contributed by atoms with Gasteiger partial charge in [0.15, 0.2) is 9.84 Å². The molecule has 0 amide bonds. The second-order valence-electron chi connectivity index (χ2n) is 10.5. The summed E-state index contributed by atoms with van der Waals surface area (Å²) in [6.07, 6.45) is 0. The van der Waals surface area contributed by atoms with Crippen LogP contribution < -0.4 is 11.5 Å². The molecule has 4 aromatic carbocycles. The molecule has 1 aliphatic rings. The van der Waals surface area contributed by atoms with Gasteiger partial charge < -0.3 is 11.5 Å². The van der Waals surface area contributed by atoms with Crippen LogP contribution in [-0.4, -0.2) is 41.8 Å². The molecule has 0 radical (unpaired) electrons. The first-order valence-electron chi connectivity index (χ1n) is 13.3. The van der Waals surface area contributed by atoms with E-state index in [-0.39, 0.29) is 23.6 Å². The Kier molecular flexibility index (Phi) is 8.31. The van der Waals surface area contributed by atoms with Gasteiger partial charge in [0.25, 0.3) is 0 Å². The summed E-state index contributed by atoms with van der Waals surface area (Å²) in [7, 11) is -3.24. The van der Waals surface area contributed by atoms with Gasteiger partial charge in [0.05, 0.1) is 11.5 Å². The molecule has 6 nitrogen and oxygen atoms in total. The predicted molar refractivity (Wildman–Crippen MR) is 159 cm³/mol. The van der Waals surface area contributed by atoms with E-state index in [9.17, 15) is 8.42 Å². The third kappa shape index (κ3) is 7.26. The molecular weight excluding hydrogens is 504 g/mol. The third-order valence-electron chi connectivity index (χ3n) is 7.42. The van der Waals surface area contributed by atoms with Crippen molar-refractivity contribution < 1.29 is 8.42 Å². The Morgan fingerprint density at radius 3 is 1.15 bits per heavy atom. The van der Waals surface area contributed by atoms with Crippen molar-refractivity contribution in [3.8, 4) is 0 Å². The number of sulfone groups is 1. The van der Waals surface area contributed by atoms with Crippen LogP contribution in [-0.2, 0) is 36.0 Å². The van der Waals surface area contributed by atoms with Crippen molar-refractivity contribution in [3.63, 3.8) is 0 Å². The summed E-state index contributed by atoms with van der Waals surface area (Å²) >= 11 is 0. The molecule has 0 bridgehead atoms. The van der Waals surface area contributed by atoms with Crippen LogP contribution in [0.15, 0.2) is 109 Å². The maximum atomic E-state index is 13.3. The third-order valence-corrected chi connectivity index (χ3v) is 9.12. The zero-order chi connectivity index (χ0) is 27.2. The number of hydrogen-bond donors (Lipinski definition) is 2. The fourth-order valence-electron chi connectivity index (χ4n) is 5.44. The number of nitrogen functional groups attached to an aromatic ring is 2. The van der Waals surface area contributed by atoms with Crippen LogP contribution in [0.4, 0.5) is 11.4 Å². The monoisotopic (exact) mass is 540 g/mol. The fourth-order valence-corrected chi connectivity index (χ4v) is 7.48. The molecule has 4 aromatic rings. The lowest BCUT2D eigenvalue weighted by Gasteiger charge is -2.38. The predicted octanol–water partition coefficient (Wildman–Crippen LogP) is 4.72. The number of anilines is 2. The molecule has 1 fully saturated rings. The molecule has 39 heavy (non-hydrogen) atoms. The normalized spacial score (nSPS) is 18.5. The molecule has 0 spiro atoms. The zero-order valence-electron chi connectivity index (χ0n) is 22.1. The van der Waals surface area contributed by atoms with Crippen LogP contribution in [0.25, 0.3) is 0 Å². The highest BCUT2D eigenvalue weighted by molar-refractivity contribution is 7.91. The van der Waals surface area contributed by atoms with Gasteiger partial charge in [-0.2, -0.15) is 0 Å². The van der Waals surface area contributed by atoms with E-state index in [0.717, 1.165) is 22.3 Å². The minimum Gasteiger partial charge on any atom is -0.399 e. The van der Waals surface area contributed by atoms with E-state index in [1.807, 2.05) is 84.9 Å². The van der Waals surface area contributed by atoms with E-state index >= 15 is 0 Å². The molecule has 1 heterocycles. The molecule has 202 valence electrons. The second kappa shape index (κ2) is 12.0. The van der Waals surface area contributed by atoms with Crippen LogP contribution in [0.1, 0.15) is 22.3 Å². The molecular formula is C32H36N4O2S. The molecule has 4 N–H and O–H groups in total. The lowest BCUT2D eigenvalue weighted by atomic mass is 10.0. The van der Waals surface area contributed by atoms with Gasteiger partial charge in [-0.15, -0.1) is 0 Å². The van der Waals surface area contributed by atoms with Crippen molar-refractivity contribution in [3.05, 3.63) is 131 Å². The lowest BCUT2D eigenvalue weighted by molar-refractivity contribution is 0.0863. The van der Waals surface area contributed by atoms with Gasteiger partial charge >= 0.3 is 0 Å². The molecule has 1 aliphatic heterocycles. The highest BCUT2D eigenvalue weighted by atomic mass is 32.2. The first-order valence-corrected chi connectivity index (χ1v) is 15.1. The summed E-state index contributed by atoms with van der Waals surface area (Å²) in [6.45, 7) is 2.58. The van der Waals surface area contributed by atoms with E-state index in [1.54, 1.807) is 0 Å². The molecule has 0 aromatic heterocycles. The van der Waals surface area contributed by atoms with Gasteiger partial charge in [-0.05, 0) is 46.5 Å². The SMILES string of the molecule is Nc1ccc(CN(Cc2ccccc2)[C@H]2CS(=O)(=O)C[C@@H]2N(Cc2ccccc2)Cc2ccc(N)cc2)cc1. The Balaban J connectivity index is 1.51. The van der Waals surface area contributed by atoms with Crippen molar-refractivity contribution in [1.29, 1.82) is 0 Å². The quantitative estimate of drug-likeness (QED) is 0.283. The number of hydrogen-bond acceptors (Lipinski definition) is 6. The summed E-state index contributed by atoms with van der Waals surface area (Å²) in [4.78, 5) is 4.66. The minimum absolute atomic E-state index is 0.131. The molecule has 0 saturated carbocycles. The van der Waals surface area contributed by atoms with Gasteiger partial charge in [0.1, 0.15) is 0 Å². The highest BCUT2D eigenvalue weighted by Crippen LogP contribution is 2.29. The van der Waals surface area contributed by atoms with Gasteiger partial charge in [0, 0.05) is 49.6 Å². The first kappa shape index (κ1) is 26.9. The molecule has 5 rings (SSSR count). The van der Waals surface area contributed by atoms with Crippen LogP contribution in [0, 0.1) is 0 Å². The van der Waals surface area contributed by atoms with Crippen molar-refractivity contribution in [2.24, 2.45) is 0 Å². The first-order chi connectivity index (χ1) is 18.8. The highest BCUT2D eigenvalue weighted by Gasteiger charge is 2.44. The Morgan fingerprint density at radius 1 is 0.513 bits per heavy atom. The van der Waals surface area contributed by atoms with Gasteiger partial charge in [-0.3, -0.25) is 9.80 Å². The standard InChI is InChI=1S/C32H36N4O2S/c33-29-15-11-27(12-16-29)21-35(19-25-7-3-1-4-8-25)31-23-39(37,38)24-32(31)36(20-26-9-5-2-6-10-26)22-28-13-17-30(34)18-14-28/h1-18,31-32H,19-24,33-34H2/t31-,32-/m0/s1. The Labute approximate surface area is 231 Å². The van der Waals surface area contributed by atoms with E-state index in [1.165, 1.54) is 0 Å². The van der Waals surface area contributed by atoms with Crippen LogP contribution in [0.3, 0.4) is 0 Å². The Morgan fingerprint density at radius 2 is 0.821 bits per heavy atom. The molecule has 7 heteroatoms. The van der Waals surface area contributed by atoms with Crippen LogP contribution in [0.5, 0.6) is 0 Å². The van der Waals surface area contributed by atoms with E-state index < -0.39 is 9.84 Å². The average molecular weight is 541 g/mol. The molecule has 2 atom stereocenters. The van der Waals surface area contributed by atoms with E-state index in [0.29, 0.717) is 37.6 Å². The maximum Gasteiger partial charge on any atom is 0.153 e. The topological polar surface area (TPSA) is 92.7 Å². The number of rotatable bonds is 10. The summed E-state index contributed by atoms with van der Waals surface area (Å²) in [5, 5.41) is 0. The zero-order valence-corrected chi connectivity index (χ0v) is 22.9. The average Bonchev–Trinajstić information content (AvgIpc) is 3.27. The Bertz CT molecular complexity index is 1340. The van der Waals surface area contributed by atoms with Gasteiger partial charge in [-0.25, -0.2) is 8.42 Å². The summed E-state index contributed by atoms with van der Waals surface area (Å²) in [5.41, 5.74) is 17.9. The number of benzene rings is 4. The van der Waals surface area contributed by atoms with Crippen LogP contribution in [0.2, 0.25) is 0 Å². The molecule has 0 unspecified atom stereocenters. The van der Waals surface area contributed by atoms with Crippen LogP contribution >= 0.6 is 0 Å². The second-order valence-corrected chi connectivity index (χ2v) is 12.6. The van der Waals surface area contributed by atoms with E-state index in [2.05, 4.69) is 34.1 Å². The largest absolute Gasteiger partial charge is 0.399 e. The van der Waals surface area contributed by atoms with Crippen molar-refractivity contribution in [2.75, 3.05) is 23.0 Å². The summed E-state index contributed by atoms with van der Waals surface area (Å²) in [6, 6.07) is 35.9. The number of nitrogens with zero attached hydrogens (tertiary/aromatic N) is 2. The number of nitrogens with two attached hydrogens (primary N) is 2.